The van der Waals surface area contributed by atoms with Crippen LogP contribution in [0.2, 0.25) is 0 Å². The van der Waals surface area contributed by atoms with Crippen LogP contribution in [0, 0.1) is 0 Å². The monoisotopic (exact) mass is 279 g/mol. The number of nitrogens with one attached hydrogen (secondary N) is 1. The van der Waals surface area contributed by atoms with Crippen molar-refractivity contribution in [1.29, 1.82) is 0 Å². The third kappa shape index (κ3) is 2.80. The predicted molar refractivity (Wildman–Crippen MR) is 53.4 cm³/mol. The van der Waals surface area contributed by atoms with E-state index in [1.807, 2.05) is 0 Å². The first-order valence-corrected chi connectivity index (χ1v) is 4.89. The lowest BCUT2D eigenvalue weighted by atomic mass is 10.2. The van der Waals surface area contributed by atoms with Crippen LogP contribution in [0.25, 0.3) is 11.4 Å². The number of ether oxygens (including phenoxy) is 1. The van der Waals surface area contributed by atoms with Crippen molar-refractivity contribution in [1.82, 2.24) is 15.2 Å². The lowest BCUT2D eigenvalue weighted by Crippen LogP contribution is -2.41. The zero-order valence-corrected chi connectivity index (χ0v) is 9.08. The molecule has 0 saturated heterocycles. The van der Waals surface area contributed by atoms with Crippen molar-refractivity contribution in [3.8, 4) is 17.1 Å². The van der Waals surface area contributed by atoms with Gasteiger partial charge in [-0.05, 0) is 24.3 Å². The van der Waals surface area contributed by atoms with Crippen molar-refractivity contribution in [2.45, 2.75) is 12.3 Å². The summed E-state index contributed by atoms with van der Waals surface area (Å²) in [5.74, 6) is -0.323. The Morgan fingerprint density at radius 1 is 1.00 bits per heavy atom. The molecule has 2 rings (SSSR count). The Morgan fingerprint density at radius 3 is 2.11 bits per heavy atom. The Labute approximate surface area is 103 Å². The normalized spacial score (nSPS) is 12.5. The second-order valence-corrected chi connectivity index (χ2v) is 3.46. The highest BCUT2D eigenvalue weighted by molar-refractivity contribution is 5.55. The van der Waals surface area contributed by atoms with Crippen LogP contribution in [-0.4, -0.2) is 27.5 Å². The first kappa shape index (κ1) is 13.2. The molecule has 0 saturated carbocycles. The van der Waals surface area contributed by atoms with E-state index in [1.165, 1.54) is 18.5 Å². The van der Waals surface area contributed by atoms with E-state index >= 15 is 0 Å². The zero-order valence-electron chi connectivity index (χ0n) is 9.08. The van der Waals surface area contributed by atoms with Crippen molar-refractivity contribution < 1.29 is 26.7 Å². The number of nitrogens with zero attached hydrogens (tertiary/aromatic N) is 2. The molecule has 0 aliphatic heterocycles. The number of benzene rings is 1. The summed E-state index contributed by atoms with van der Waals surface area (Å²) in [5.41, 5.74) is 0.448. The van der Waals surface area contributed by atoms with Crippen molar-refractivity contribution in [2.24, 2.45) is 0 Å². The van der Waals surface area contributed by atoms with Crippen LogP contribution in [0.5, 0.6) is 5.75 Å². The van der Waals surface area contributed by atoms with Gasteiger partial charge in [-0.3, -0.25) is 5.10 Å². The molecule has 0 amide bonds. The number of hydrogen-bond acceptors (Lipinski definition) is 3. The zero-order chi connectivity index (χ0) is 14.1. The highest BCUT2D eigenvalue weighted by Gasteiger charge is 2.61. The molecule has 1 heterocycles. The van der Waals surface area contributed by atoms with E-state index in [0.29, 0.717) is 5.56 Å². The number of hydrogen-bond donors (Lipinski definition) is 1. The van der Waals surface area contributed by atoms with Crippen LogP contribution < -0.4 is 4.74 Å². The Bertz CT molecular complexity index is 535. The molecule has 1 aromatic heterocycles. The number of aromatic amines is 1. The molecule has 2 aromatic rings. The highest BCUT2D eigenvalue weighted by atomic mass is 19.4. The van der Waals surface area contributed by atoms with E-state index in [9.17, 15) is 22.0 Å². The van der Waals surface area contributed by atoms with E-state index < -0.39 is 18.0 Å². The fourth-order valence-electron chi connectivity index (χ4n) is 1.23. The minimum atomic E-state index is -5.77. The number of rotatable bonds is 3. The summed E-state index contributed by atoms with van der Waals surface area (Å²) in [5, 5.41) is 6.16. The highest BCUT2D eigenvalue weighted by Crippen LogP contribution is 2.37. The Balaban J connectivity index is 2.16. The van der Waals surface area contributed by atoms with Gasteiger partial charge in [0.1, 0.15) is 12.1 Å². The predicted octanol–water partition coefficient (Wildman–Crippen LogP) is 3.01. The van der Waals surface area contributed by atoms with E-state index in [1.54, 1.807) is 0 Å². The summed E-state index contributed by atoms with van der Waals surface area (Å²) in [4.78, 5) is 3.79. The average molecular weight is 279 g/mol. The maximum atomic E-state index is 12.6. The summed E-state index contributed by atoms with van der Waals surface area (Å²) < 4.78 is 64.6. The molecule has 9 heteroatoms. The van der Waals surface area contributed by atoms with Crippen LogP contribution in [-0.2, 0) is 0 Å². The van der Waals surface area contributed by atoms with Crippen LogP contribution in [0.4, 0.5) is 22.0 Å². The van der Waals surface area contributed by atoms with Gasteiger partial charge in [0.05, 0.1) is 0 Å². The van der Waals surface area contributed by atoms with Gasteiger partial charge >= 0.3 is 12.3 Å². The van der Waals surface area contributed by atoms with Gasteiger partial charge in [-0.1, -0.05) is 0 Å². The first-order chi connectivity index (χ1) is 8.79. The number of alkyl halides is 5. The smallest absolute Gasteiger partial charge is 0.426 e. The molecule has 102 valence electrons. The minimum absolute atomic E-state index is 0.286. The SMILES string of the molecule is FC(F)(F)C(F)(F)Oc1ccc(-c2nc[nH]n2)cc1. The second kappa shape index (κ2) is 4.48. The van der Waals surface area contributed by atoms with Gasteiger partial charge in [0.2, 0.25) is 0 Å². The lowest BCUT2D eigenvalue weighted by Gasteiger charge is -2.20. The third-order valence-corrected chi connectivity index (χ3v) is 2.10. The molecule has 4 nitrogen and oxygen atoms in total. The largest absolute Gasteiger partial charge is 0.499 e. The Kier molecular flexibility index (Phi) is 3.13. The van der Waals surface area contributed by atoms with Gasteiger partial charge in [0.25, 0.3) is 0 Å². The van der Waals surface area contributed by atoms with Crippen molar-refractivity contribution in [2.75, 3.05) is 0 Å². The molecule has 0 bridgehead atoms. The molecule has 1 aromatic carbocycles. The molecule has 0 aliphatic carbocycles. The molecular formula is C10H6F5N3O. The van der Waals surface area contributed by atoms with Crippen molar-refractivity contribution in [3.63, 3.8) is 0 Å². The van der Waals surface area contributed by atoms with Crippen molar-refractivity contribution in [3.05, 3.63) is 30.6 Å². The Hall–Kier alpha value is -2.19. The maximum Gasteiger partial charge on any atom is 0.499 e. The van der Waals surface area contributed by atoms with E-state index in [-0.39, 0.29) is 5.82 Å². The minimum Gasteiger partial charge on any atom is -0.426 e. The van der Waals surface area contributed by atoms with Crippen LogP contribution in [0.15, 0.2) is 30.6 Å². The Morgan fingerprint density at radius 2 is 1.63 bits per heavy atom. The van der Waals surface area contributed by atoms with Gasteiger partial charge in [-0.25, -0.2) is 4.98 Å². The van der Waals surface area contributed by atoms with Crippen LogP contribution in [0.1, 0.15) is 0 Å². The standard InChI is InChI=1S/C10H6F5N3O/c11-9(12,13)10(14,15)19-7-3-1-6(2-4-7)8-16-5-17-18-8/h1-5H,(H,16,17,18). The molecule has 0 fully saturated rings. The molecule has 0 aliphatic rings. The van der Waals surface area contributed by atoms with Gasteiger partial charge in [0, 0.05) is 5.56 Å². The summed E-state index contributed by atoms with van der Waals surface area (Å²) in [7, 11) is 0. The number of aromatic nitrogens is 3. The fourth-order valence-corrected chi connectivity index (χ4v) is 1.23. The quantitative estimate of drug-likeness (QED) is 0.879. The van der Waals surface area contributed by atoms with Crippen LogP contribution >= 0.6 is 0 Å². The van der Waals surface area contributed by atoms with Gasteiger partial charge in [-0.2, -0.15) is 27.1 Å². The average Bonchev–Trinajstić information content (AvgIpc) is 2.81. The van der Waals surface area contributed by atoms with E-state index in [0.717, 1.165) is 12.1 Å². The second-order valence-electron chi connectivity index (χ2n) is 3.46. The fraction of sp³-hybridized carbons (Fsp3) is 0.200. The number of H-pyrrole nitrogens is 1. The molecule has 0 unspecified atom stereocenters. The lowest BCUT2D eigenvalue weighted by molar-refractivity contribution is -0.360. The third-order valence-electron chi connectivity index (χ3n) is 2.10. The van der Waals surface area contributed by atoms with E-state index in [4.69, 9.17) is 0 Å². The van der Waals surface area contributed by atoms with Gasteiger partial charge in [-0.15, -0.1) is 0 Å². The number of halogens is 5. The molecule has 0 spiro atoms. The van der Waals surface area contributed by atoms with Crippen molar-refractivity contribution >= 4 is 0 Å². The molecule has 19 heavy (non-hydrogen) atoms. The maximum absolute atomic E-state index is 12.6. The summed E-state index contributed by atoms with van der Waals surface area (Å²) in [6.07, 6.45) is -9.70. The summed E-state index contributed by atoms with van der Waals surface area (Å²) >= 11 is 0. The molecular weight excluding hydrogens is 273 g/mol. The van der Waals surface area contributed by atoms with E-state index in [2.05, 4.69) is 19.9 Å². The first-order valence-electron chi connectivity index (χ1n) is 4.89. The molecule has 0 atom stereocenters. The molecule has 0 radical (unpaired) electrons. The molecule has 1 N–H and O–H groups in total. The summed E-state index contributed by atoms with van der Waals surface area (Å²) in [6, 6.07) is 4.49. The summed E-state index contributed by atoms with van der Waals surface area (Å²) in [6.45, 7) is 0. The van der Waals surface area contributed by atoms with Crippen LogP contribution in [0.3, 0.4) is 0 Å². The van der Waals surface area contributed by atoms with Gasteiger partial charge in [0.15, 0.2) is 5.82 Å². The van der Waals surface area contributed by atoms with Gasteiger partial charge < -0.3 is 4.74 Å². The topological polar surface area (TPSA) is 50.8 Å².